The van der Waals surface area contributed by atoms with E-state index in [0.717, 1.165) is 11.5 Å². The second kappa shape index (κ2) is 7.38. The lowest BCUT2D eigenvalue weighted by Crippen LogP contribution is -2.27. The van der Waals surface area contributed by atoms with E-state index in [9.17, 15) is 9.00 Å². The lowest BCUT2D eigenvalue weighted by atomic mass is 10.3. The SMILES string of the molecule is CCSCCS(=O)C(CC)C(=O)O. The molecule has 0 aliphatic carbocycles. The molecule has 0 aliphatic heterocycles. The van der Waals surface area contributed by atoms with Gasteiger partial charge in [-0.25, -0.2) is 0 Å². The van der Waals surface area contributed by atoms with Crippen molar-refractivity contribution in [1.82, 2.24) is 0 Å². The Morgan fingerprint density at radius 1 is 1.54 bits per heavy atom. The molecular formula is C8H16O3S2. The second-order valence-electron chi connectivity index (χ2n) is 2.52. The summed E-state index contributed by atoms with van der Waals surface area (Å²) in [4.78, 5) is 10.6. The normalized spacial score (nSPS) is 15.2. The Balaban J connectivity index is 3.85. The highest BCUT2D eigenvalue weighted by atomic mass is 32.2. The minimum Gasteiger partial charge on any atom is -0.480 e. The Morgan fingerprint density at radius 3 is 2.54 bits per heavy atom. The molecule has 0 rings (SSSR count). The fourth-order valence-electron chi connectivity index (χ4n) is 0.901. The van der Waals surface area contributed by atoms with Crippen LogP contribution in [-0.2, 0) is 15.6 Å². The Bertz CT molecular complexity index is 182. The van der Waals surface area contributed by atoms with Gasteiger partial charge in [-0.15, -0.1) is 0 Å². The summed E-state index contributed by atoms with van der Waals surface area (Å²) in [6, 6.07) is 0. The molecule has 2 unspecified atom stereocenters. The minimum atomic E-state index is -1.21. The van der Waals surface area contributed by atoms with Crippen LogP contribution in [0.1, 0.15) is 20.3 Å². The molecular weight excluding hydrogens is 208 g/mol. The fraction of sp³-hybridized carbons (Fsp3) is 0.875. The molecule has 0 saturated heterocycles. The molecule has 13 heavy (non-hydrogen) atoms. The first-order chi connectivity index (χ1) is 6.13. The molecule has 0 amide bonds. The van der Waals surface area contributed by atoms with Crippen molar-refractivity contribution < 1.29 is 14.1 Å². The summed E-state index contributed by atoms with van der Waals surface area (Å²) in [7, 11) is -1.21. The van der Waals surface area contributed by atoms with Gasteiger partial charge in [0.05, 0.1) is 0 Å². The molecule has 0 saturated carbocycles. The van der Waals surface area contributed by atoms with Crippen LogP contribution in [0.25, 0.3) is 0 Å². The molecule has 0 bridgehead atoms. The third-order valence-electron chi connectivity index (χ3n) is 1.60. The van der Waals surface area contributed by atoms with Gasteiger partial charge in [0.15, 0.2) is 0 Å². The summed E-state index contributed by atoms with van der Waals surface area (Å²) < 4.78 is 11.4. The summed E-state index contributed by atoms with van der Waals surface area (Å²) in [5.74, 6) is 1.32. The Hall–Kier alpha value is -0.0300. The number of hydrogen-bond donors (Lipinski definition) is 1. The highest BCUT2D eigenvalue weighted by Gasteiger charge is 2.21. The molecule has 0 radical (unpaired) electrons. The highest BCUT2D eigenvalue weighted by Crippen LogP contribution is 2.06. The van der Waals surface area contributed by atoms with Crippen LogP contribution in [0.4, 0.5) is 0 Å². The van der Waals surface area contributed by atoms with Crippen molar-refractivity contribution in [2.75, 3.05) is 17.3 Å². The van der Waals surface area contributed by atoms with Gasteiger partial charge >= 0.3 is 5.97 Å². The molecule has 5 heteroatoms. The molecule has 3 nitrogen and oxygen atoms in total. The van der Waals surface area contributed by atoms with E-state index in [1.165, 1.54) is 0 Å². The van der Waals surface area contributed by atoms with Gasteiger partial charge in [0.25, 0.3) is 0 Å². The number of hydrogen-bond acceptors (Lipinski definition) is 3. The van der Waals surface area contributed by atoms with E-state index in [0.29, 0.717) is 12.2 Å². The van der Waals surface area contributed by atoms with Crippen LogP contribution in [-0.4, -0.2) is 37.8 Å². The predicted molar refractivity (Wildman–Crippen MR) is 57.7 cm³/mol. The second-order valence-corrected chi connectivity index (χ2v) is 5.65. The summed E-state index contributed by atoms with van der Waals surface area (Å²) >= 11 is 1.69. The van der Waals surface area contributed by atoms with Crippen molar-refractivity contribution in [2.24, 2.45) is 0 Å². The topological polar surface area (TPSA) is 54.4 Å². The zero-order valence-electron chi connectivity index (χ0n) is 7.99. The van der Waals surface area contributed by atoms with Crippen LogP contribution in [0, 0.1) is 0 Å². The van der Waals surface area contributed by atoms with Gasteiger partial charge in [-0.2, -0.15) is 11.8 Å². The number of thioether (sulfide) groups is 1. The molecule has 2 atom stereocenters. The maximum atomic E-state index is 11.4. The largest absolute Gasteiger partial charge is 0.480 e. The van der Waals surface area contributed by atoms with Crippen molar-refractivity contribution in [2.45, 2.75) is 25.5 Å². The quantitative estimate of drug-likeness (QED) is 0.663. The Morgan fingerprint density at radius 2 is 2.15 bits per heavy atom. The van der Waals surface area contributed by atoms with E-state index < -0.39 is 22.0 Å². The third kappa shape index (κ3) is 5.31. The van der Waals surface area contributed by atoms with E-state index in [4.69, 9.17) is 5.11 Å². The van der Waals surface area contributed by atoms with Crippen molar-refractivity contribution in [3.63, 3.8) is 0 Å². The molecule has 78 valence electrons. The first-order valence-corrected chi connectivity index (χ1v) is 6.84. The monoisotopic (exact) mass is 224 g/mol. The Labute approximate surface area is 85.7 Å². The fourth-order valence-corrected chi connectivity index (χ4v) is 3.20. The van der Waals surface area contributed by atoms with E-state index in [-0.39, 0.29) is 0 Å². The molecule has 0 aromatic rings. The van der Waals surface area contributed by atoms with E-state index in [1.807, 2.05) is 6.92 Å². The summed E-state index contributed by atoms with van der Waals surface area (Å²) in [6.45, 7) is 3.78. The standard InChI is InChI=1S/C8H16O3S2/c1-3-7(8(9)10)13(11)6-5-12-4-2/h7H,3-6H2,1-2H3,(H,9,10). The molecule has 0 aliphatic rings. The van der Waals surface area contributed by atoms with Gasteiger partial charge in [-0.1, -0.05) is 13.8 Å². The van der Waals surface area contributed by atoms with Crippen LogP contribution >= 0.6 is 11.8 Å². The van der Waals surface area contributed by atoms with Crippen molar-refractivity contribution in [3.05, 3.63) is 0 Å². The highest BCUT2D eigenvalue weighted by molar-refractivity contribution is 8.00. The maximum absolute atomic E-state index is 11.4. The summed E-state index contributed by atoms with van der Waals surface area (Å²) in [6.07, 6.45) is 0.443. The van der Waals surface area contributed by atoms with E-state index >= 15 is 0 Å². The molecule has 0 aromatic heterocycles. The van der Waals surface area contributed by atoms with Gasteiger partial charge in [-0.3, -0.25) is 9.00 Å². The van der Waals surface area contributed by atoms with Crippen LogP contribution in [0.5, 0.6) is 0 Å². The molecule has 0 fully saturated rings. The molecule has 1 N–H and O–H groups in total. The average Bonchev–Trinajstić information content (AvgIpc) is 2.05. The van der Waals surface area contributed by atoms with Gasteiger partial charge in [-0.05, 0) is 12.2 Å². The van der Waals surface area contributed by atoms with Crippen LogP contribution in [0.3, 0.4) is 0 Å². The van der Waals surface area contributed by atoms with Crippen molar-refractivity contribution in [1.29, 1.82) is 0 Å². The number of carboxylic acids is 1. The summed E-state index contributed by atoms with van der Waals surface area (Å²) in [5.41, 5.74) is 0. The average molecular weight is 224 g/mol. The van der Waals surface area contributed by atoms with Crippen molar-refractivity contribution in [3.8, 4) is 0 Å². The van der Waals surface area contributed by atoms with Gasteiger partial charge < -0.3 is 5.11 Å². The lowest BCUT2D eigenvalue weighted by molar-refractivity contribution is -0.136. The molecule has 0 aromatic carbocycles. The summed E-state index contributed by atoms with van der Waals surface area (Å²) in [5, 5.41) is 8.02. The Kier molecular flexibility index (Phi) is 7.36. The number of aliphatic carboxylic acids is 1. The van der Waals surface area contributed by atoms with E-state index in [1.54, 1.807) is 18.7 Å². The third-order valence-corrected chi connectivity index (χ3v) is 4.53. The zero-order valence-corrected chi connectivity index (χ0v) is 9.62. The van der Waals surface area contributed by atoms with Gasteiger partial charge in [0, 0.05) is 22.3 Å². The minimum absolute atomic E-state index is 0.443. The first kappa shape index (κ1) is 13.0. The zero-order chi connectivity index (χ0) is 10.3. The lowest BCUT2D eigenvalue weighted by Gasteiger charge is -2.08. The maximum Gasteiger partial charge on any atom is 0.319 e. The van der Waals surface area contributed by atoms with E-state index in [2.05, 4.69) is 0 Å². The number of rotatable bonds is 7. The van der Waals surface area contributed by atoms with Crippen LogP contribution < -0.4 is 0 Å². The van der Waals surface area contributed by atoms with Gasteiger partial charge in [0.1, 0.15) is 5.25 Å². The number of carbonyl (C=O) groups is 1. The predicted octanol–water partition coefficient (Wildman–Crippen LogP) is 1.35. The van der Waals surface area contributed by atoms with Crippen LogP contribution in [0.15, 0.2) is 0 Å². The van der Waals surface area contributed by atoms with Gasteiger partial charge in [0.2, 0.25) is 0 Å². The van der Waals surface area contributed by atoms with Crippen LogP contribution in [0.2, 0.25) is 0 Å². The van der Waals surface area contributed by atoms with Crippen molar-refractivity contribution >= 4 is 28.5 Å². The molecule has 0 spiro atoms. The first-order valence-electron chi connectivity index (χ1n) is 4.31. The smallest absolute Gasteiger partial charge is 0.319 e. The number of carboxylic acid groups (broad SMARTS) is 1. The molecule has 0 heterocycles.